The Balaban J connectivity index is 2.06. The minimum Gasteiger partial charge on any atom is -0.368 e. The van der Waals surface area contributed by atoms with Crippen LogP contribution in [-0.2, 0) is 0 Å². The van der Waals surface area contributed by atoms with Gasteiger partial charge in [-0.1, -0.05) is 0 Å². The average Bonchev–Trinajstić information content (AvgIpc) is 2.38. The maximum atomic E-state index is 4.38. The lowest BCUT2D eigenvalue weighted by Crippen LogP contribution is -2.41. The van der Waals surface area contributed by atoms with Gasteiger partial charge in [-0.05, 0) is 39.8 Å². The van der Waals surface area contributed by atoms with Gasteiger partial charge < -0.3 is 15.5 Å². The fraction of sp³-hybridized carbons (Fsp3) is 0.692. The number of aromatic nitrogens is 2. The lowest BCUT2D eigenvalue weighted by molar-refractivity contribution is 0.441. The Morgan fingerprint density at radius 1 is 1.33 bits per heavy atom. The van der Waals surface area contributed by atoms with Crippen LogP contribution in [0.5, 0.6) is 0 Å². The van der Waals surface area contributed by atoms with Gasteiger partial charge in [-0.3, -0.25) is 0 Å². The zero-order valence-corrected chi connectivity index (χ0v) is 11.5. The van der Waals surface area contributed by atoms with E-state index in [1.807, 2.05) is 6.07 Å². The van der Waals surface area contributed by atoms with Crippen LogP contribution in [0.3, 0.4) is 0 Å². The summed E-state index contributed by atoms with van der Waals surface area (Å²) in [5.41, 5.74) is 0. The number of nitrogens with zero attached hydrogens (tertiary/aromatic N) is 3. The van der Waals surface area contributed by atoms with Crippen molar-refractivity contribution in [1.82, 2.24) is 15.3 Å². The van der Waals surface area contributed by atoms with E-state index in [0.717, 1.165) is 24.7 Å². The lowest BCUT2D eigenvalue weighted by atomic mass is 10.1. The Morgan fingerprint density at radius 3 is 2.72 bits per heavy atom. The van der Waals surface area contributed by atoms with Crippen LogP contribution in [0.2, 0.25) is 0 Å². The second-order valence-corrected chi connectivity index (χ2v) is 5.15. The normalized spacial score (nSPS) is 16.9. The van der Waals surface area contributed by atoms with Crippen molar-refractivity contribution in [3.63, 3.8) is 0 Å². The molecular formula is C13H23N5. The third-order valence-electron chi connectivity index (χ3n) is 3.31. The van der Waals surface area contributed by atoms with Crippen molar-refractivity contribution < 1.29 is 0 Å². The number of piperidine rings is 1. The minimum atomic E-state index is 0.386. The van der Waals surface area contributed by atoms with Gasteiger partial charge in [0.25, 0.3) is 0 Å². The molecule has 0 aromatic carbocycles. The fourth-order valence-electron chi connectivity index (χ4n) is 2.30. The Kier molecular flexibility index (Phi) is 4.36. The first-order valence-electron chi connectivity index (χ1n) is 6.69. The number of nitrogens with one attached hydrogen (secondary N) is 2. The van der Waals surface area contributed by atoms with Crippen LogP contribution in [0.25, 0.3) is 0 Å². The van der Waals surface area contributed by atoms with E-state index in [4.69, 9.17) is 0 Å². The molecule has 0 bridgehead atoms. The molecule has 0 spiro atoms. The molecule has 5 nitrogen and oxygen atoms in total. The van der Waals surface area contributed by atoms with Crippen molar-refractivity contribution in [2.45, 2.75) is 38.8 Å². The fourth-order valence-corrected chi connectivity index (χ4v) is 2.30. The van der Waals surface area contributed by atoms with Crippen LogP contribution in [0.1, 0.15) is 26.7 Å². The molecule has 0 unspecified atom stereocenters. The second kappa shape index (κ2) is 6.00. The highest BCUT2D eigenvalue weighted by Gasteiger charge is 2.19. The van der Waals surface area contributed by atoms with Gasteiger partial charge in [0.2, 0.25) is 0 Å². The molecule has 1 saturated heterocycles. The molecule has 2 heterocycles. The van der Waals surface area contributed by atoms with Gasteiger partial charge in [-0.2, -0.15) is 0 Å². The maximum Gasteiger partial charge on any atom is 0.134 e. The summed E-state index contributed by atoms with van der Waals surface area (Å²) in [5.74, 6) is 1.90. The average molecular weight is 249 g/mol. The van der Waals surface area contributed by atoms with E-state index in [0.29, 0.717) is 12.1 Å². The van der Waals surface area contributed by atoms with E-state index in [-0.39, 0.29) is 0 Å². The molecule has 0 radical (unpaired) electrons. The molecule has 1 aromatic rings. The van der Waals surface area contributed by atoms with Gasteiger partial charge in [-0.25, -0.2) is 9.97 Å². The predicted octanol–water partition coefficient (Wildman–Crippen LogP) is 1.49. The molecule has 1 fully saturated rings. The number of hydrogen-bond donors (Lipinski definition) is 2. The van der Waals surface area contributed by atoms with Crippen LogP contribution >= 0.6 is 0 Å². The van der Waals surface area contributed by atoms with Gasteiger partial charge in [-0.15, -0.1) is 0 Å². The summed E-state index contributed by atoms with van der Waals surface area (Å²) in [4.78, 5) is 10.9. The Morgan fingerprint density at radius 2 is 2.06 bits per heavy atom. The smallest absolute Gasteiger partial charge is 0.134 e. The van der Waals surface area contributed by atoms with Crippen LogP contribution < -0.4 is 15.5 Å². The van der Waals surface area contributed by atoms with Crippen LogP contribution in [-0.4, -0.2) is 42.2 Å². The molecule has 0 atom stereocenters. The molecule has 0 amide bonds. The van der Waals surface area contributed by atoms with Crippen molar-refractivity contribution in [3.8, 4) is 0 Å². The first-order chi connectivity index (χ1) is 8.66. The molecule has 1 aliphatic rings. The third-order valence-corrected chi connectivity index (χ3v) is 3.31. The largest absolute Gasteiger partial charge is 0.368 e. The van der Waals surface area contributed by atoms with E-state index < -0.39 is 0 Å². The molecule has 2 N–H and O–H groups in total. The van der Waals surface area contributed by atoms with Gasteiger partial charge in [0.1, 0.15) is 18.0 Å². The van der Waals surface area contributed by atoms with E-state index in [1.165, 1.54) is 12.8 Å². The lowest BCUT2D eigenvalue weighted by Gasteiger charge is -2.32. The number of hydrogen-bond acceptors (Lipinski definition) is 5. The van der Waals surface area contributed by atoms with Crippen molar-refractivity contribution in [1.29, 1.82) is 0 Å². The SMILES string of the molecule is CC(C)Nc1cc(N(C)C2CCNCC2)ncn1. The van der Waals surface area contributed by atoms with Crippen LogP contribution in [0.4, 0.5) is 11.6 Å². The molecule has 18 heavy (non-hydrogen) atoms. The van der Waals surface area contributed by atoms with Crippen LogP contribution in [0.15, 0.2) is 12.4 Å². The number of anilines is 2. The van der Waals surface area contributed by atoms with E-state index >= 15 is 0 Å². The van der Waals surface area contributed by atoms with Crippen molar-refractivity contribution in [2.24, 2.45) is 0 Å². The molecular weight excluding hydrogens is 226 g/mol. The van der Waals surface area contributed by atoms with Gasteiger partial charge in [0.05, 0.1) is 0 Å². The third kappa shape index (κ3) is 3.32. The number of rotatable bonds is 4. The maximum absolute atomic E-state index is 4.38. The molecule has 1 aliphatic heterocycles. The highest BCUT2D eigenvalue weighted by molar-refractivity contribution is 5.48. The quantitative estimate of drug-likeness (QED) is 0.846. The van der Waals surface area contributed by atoms with Crippen molar-refractivity contribution in [2.75, 3.05) is 30.4 Å². The summed E-state index contributed by atoms with van der Waals surface area (Å²) < 4.78 is 0. The molecule has 100 valence electrons. The predicted molar refractivity (Wildman–Crippen MR) is 75.1 cm³/mol. The topological polar surface area (TPSA) is 53.1 Å². The Hall–Kier alpha value is -1.36. The van der Waals surface area contributed by atoms with Gasteiger partial charge in [0, 0.05) is 25.2 Å². The highest BCUT2D eigenvalue weighted by Crippen LogP contribution is 2.19. The second-order valence-electron chi connectivity index (χ2n) is 5.15. The molecule has 0 saturated carbocycles. The Labute approximate surface area is 109 Å². The molecule has 5 heteroatoms. The highest BCUT2D eigenvalue weighted by atomic mass is 15.2. The minimum absolute atomic E-state index is 0.386. The van der Waals surface area contributed by atoms with Crippen LogP contribution in [0, 0.1) is 0 Å². The monoisotopic (exact) mass is 249 g/mol. The van der Waals surface area contributed by atoms with Crippen molar-refractivity contribution >= 4 is 11.6 Å². The molecule has 2 rings (SSSR count). The van der Waals surface area contributed by atoms with Crippen molar-refractivity contribution in [3.05, 3.63) is 12.4 Å². The van der Waals surface area contributed by atoms with Gasteiger partial charge in [0.15, 0.2) is 0 Å². The summed E-state index contributed by atoms with van der Waals surface area (Å²) in [6.07, 6.45) is 3.98. The van der Waals surface area contributed by atoms with E-state index in [1.54, 1.807) is 6.33 Å². The van der Waals surface area contributed by atoms with E-state index in [2.05, 4.69) is 46.4 Å². The summed E-state index contributed by atoms with van der Waals surface area (Å²) in [6.45, 7) is 6.41. The zero-order chi connectivity index (χ0) is 13.0. The molecule has 0 aliphatic carbocycles. The Bertz CT molecular complexity index is 373. The van der Waals surface area contributed by atoms with Gasteiger partial charge >= 0.3 is 0 Å². The summed E-state index contributed by atoms with van der Waals surface area (Å²) in [7, 11) is 2.12. The molecule has 1 aromatic heterocycles. The summed E-state index contributed by atoms with van der Waals surface area (Å²) in [6, 6.07) is 2.99. The standard InChI is InChI=1S/C13H23N5/c1-10(2)17-12-8-13(16-9-15-12)18(3)11-4-6-14-7-5-11/h8-11,14H,4-7H2,1-3H3,(H,15,16,17). The zero-order valence-electron chi connectivity index (χ0n) is 11.5. The first kappa shape index (κ1) is 13.1. The first-order valence-corrected chi connectivity index (χ1v) is 6.69. The summed E-state index contributed by atoms with van der Waals surface area (Å²) in [5, 5.41) is 6.70. The van der Waals surface area contributed by atoms with E-state index in [9.17, 15) is 0 Å². The summed E-state index contributed by atoms with van der Waals surface area (Å²) >= 11 is 0.